The van der Waals surface area contributed by atoms with Crippen LogP contribution in [0.15, 0.2) is 30.5 Å². The second-order valence-electron chi connectivity index (χ2n) is 5.05. The maximum Gasteiger partial charge on any atom is 0.123 e. The number of rotatable bonds is 4. The van der Waals surface area contributed by atoms with E-state index in [4.69, 9.17) is 0 Å². The van der Waals surface area contributed by atoms with Gasteiger partial charge in [-0.2, -0.15) is 5.10 Å². The third kappa shape index (κ3) is 2.84. The fourth-order valence-electron chi connectivity index (χ4n) is 2.02. The Kier molecular flexibility index (Phi) is 4.00. The number of hydrogen-bond donors (Lipinski definition) is 1. The van der Waals surface area contributed by atoms with Gasteiger partial charge in [0.05, 0.1) is 11.4 Å². The molecule has 0 fully saturated rings. The molecule has 2 rings (SSSR count). The molecule has 0 radical (unpaired) electrons. The Hall–Kier alpha value is -1.68. The van der Waals surface area contributed by atoms with Crippen LogP contribution in [-0.2, 0) is 0 Å². The van der Waals surface area contributed by atoms with Crippen molar-refractivity contribution in [1.29, 1.82) is 0 Å². The van der Waals surface area contributed by atoms with Gasteiger partial charge in [0, 0.05) is 12.2 Å². The molecule has 0 aliphatic rings. The third-order valence-electron chi connectivity index (χ3n) is 3.34. The lowest BCUT2D eigenvalue weighted by Gasteiger charge is -2.16. The molecular weight excluding hydrogens is 241 g/mol. The van der Waals surface area contributed by atoms with E-state index >= 15 is 0 Å². The zero-order valence-corrected chi connectivity index (χ0v) is 11.8. The number of halogens is 1. The molecule has 3 nitrogen and oxygen atoms in total. The standard InChI is InChI=1S/C15H20FN3/c1-10(2)14-7-8-19(18-14)15-6-5-12(16)9-13(15)11(3)17-4/h5-11,17H,1-4H3. The largest absolute Gasteiger partial charge is 0.313 e. The maximum atomic E-state index is 13.4. The summed E-state index contributed by atoms with van der Waals surface area (Å²) in [6.07, 6.45) is 1.93. The van der Waals surface area contributed by atoms with Crippen molar-refractivity contribution in [1.82, 2.24) is 15.1 Å². The number of hydrogen-bond acceptors (Lipinski definition) is 2. The second kappa shape index (κ2) is 5.53. The van der Waals surface area contributed by atoms with E-state index in [2.05, 4.69) is 24.3 Å². The normalized spacial score (nSPS) is 12.9. The highest BCUT2D eigenvalue weighted by molar-refractivity contribution is 5.42. The fraction of sp³-hybridized carbons (Fsp3) is 0.400. The van der Waals surface area contributed by atoms with E-state index in [9.17, 15) is 4.39 Å². The van der Waals surface area contributed by atoms with E-state index in [0.717, 1.165) is 16.9 Å². The number of aromatic nitrogens is 2. The lowest BCUT2D eigenvalue weighted by Crippen LogP contribution is -2.15. The number of nitrogens with one attached hydrogen (secondary N) is 1. The van der Waals surface area contributed by atoms with Gasteiger partial charge < -0.3 is 5.32 Å². The molecular formula is C15H20FN3. The summed E-state index contributed by atoms with van der Waals surface area (Å²) in [7, 11) is 1.86. The van der Waals surface area contributed by atoms with Crippen LogP contribution in [0.3, 0.4) is 0 Å². The van der Waals surface area contributed by atoms with Crippen LogP contribution in [0.5, 0.6) is 0 Å². The summed E-state index contributed by atoms with van der Waals surface area (Å²) in [6.45, 7) is 6.22. The van der Waals surface area contributed by atoms with Gasteiger partial charge in [-0.1, -0.05) is 13.8 Å². The molecule has 1 aromatic carbocycles. The van der Waals surface area contributed by atoms with Crippen molar-refractivity contribution < 1.29 is 4.39 Å². The SMILES string of the molecule is CNC(C)c1cc(F)ccc1-n1ccc(C(C)C)n1. The summed E-state index contributed by atoms with van der Waals surface area (Å²) >= 11 is 0. The highest BCUT2D eigenvalue weighted by Gasteiger charge is 2.13. The highest BCUT2D eigenvalue weighted by atomic mass is 19.1. The quantitative estimate of drug-likeness (QED) is 0.914. The van der Waals surface area contributed by atoms with Gasteiger partial charge >= 0.3 is 0 Å². The summed E-state index contributed by atoms with van der Waals surface area (Å²) in [5.74, 6) is 0.156. The third-order valence-corrected chi connectivity index (χ3v) is 3.34. The maximum absolute atomic E-state index is 13.4. The average Bonchev–Trinajstić information content (AvgIpc) is 2.87. The van der Waals surface area contributed by atoms with Crippen molar-refractivity contribution in [3.63, 3.8) is 0 Å². The van der Waals surface area contributed by atoms with Gasteiger partial charge in [-0.3, -0.25) is 0 Å². The molecule has 1 aromatic heterocycles. The molecule has 0 saturated carbocycles. The smallest absolute Gasteiger partial charge is 0.123 e. The van der Waals surface area contributed by atoms with Gasteiger partial charge in [0.2, 0.25) is 0 Å². The zero-order valence-electron chi connectivity index (χ0n) is 11.8. The minimum atomic E-state index is -0.225. The molecule has 19 heavy (non-hydrogen) atoms. The fourth-order valence-corrected chi connectivity index (χ4v) is 2.02. The predicted octanol–water partition coefficient (Wildman–Crippen LogP) is 3.42. The molecule has 1 unspecified atom stereocenters. The van der Waals surface area contributed by atoms with Crippen LogP contribution in [0.2, 0.25) is 0 Å². The summed E-state index contributed by atoms with van der Waals surface area (Å²) in [6, 6.07) is 6.88. The Bertz CT molecular complexity index is 560. The number of benzene rings is 1. The molecule has 0 bridgehead atoms. The first kappa shape index (κ1) is 13.7. The monoisotopic (exact) mass is 261 g/mol. The lowest BCUT2D eigenvalue weighted by molar-refractivity contribution is 0.603. The number of nitrogens with zero attached hydrogens (tertiary/aromatic N) is 2. The van der Waals surface area contributed by atoms with E-state index in [0.29, 0.717) is 5.92 Å². The minimum Gasteiger partial charge on any atom is -0.313 e. The Morgan fingerprint density at radius 1 is 1.21 bits per heavy atom. The van der Waals surface area contributed by atoms with Crippen molar-refractivity contribution in [2.45, 2.75) is 32.7 Å². The Labute approximate surface area is 113 Å². The average molecular weight is 261 g/mol. The van der Waals surface area contributed by atoms with Crippen molar-refractivity contribution in [3.8, 4) is 5.69 Å². The molecule has 2 aromatic rings. The highest BCUT2D eigenvalue weighted by Crippen LogP contribution is 2.23. The minimum absolute atomic E-state index is 0.0670. The van der Waals surface area contributed by atoms with Gasteiger partial charge in [0.1, 0.15) is 5.82 Å². The summed E-state index contributed by atoms with van der Waals surface area (Å²) in [4.78, 5) is 0. The van der Waals surface area contributed by atoms with Crippen LogP contribution in [-0.4, -0.2) is 16.8 Å². The topological polar surface area (TPSA) is 29.9 Å². The molecule has 1 N–H and O–H groups in total. The molecule has 0 amide bonds. The van der Waals surface area contributed by atoms with Crippen LogP contribution in [0, 0.1) is 5.82 Å². The second-order valence-corrected chi connectivity index (χ2v) is 5.05. The van der Waals surface area contributed by atoms with Gasteiger partial charge in [-0.15, -0.1) is 0 Å². The van der Waals surface area contributed by atoms with Gasteiger partial charge in [-0.25, -0.2) is 9.07 Å². The summed E-state index contributed by atoms with van der Waals surface area (Å²) in [5, 5.41) is 7.69. The van der Waals surface area contributed by atoms with Crippen LogP contribution in [0.25, 0.3) is 5.69 Å². The van der Waals surface area contributed by atoms with Crippen LogP contribution >= 0.6 is 0 Å². The van der Waals surface area contributed by atoms with E-state index in [1.165, 1.54) is 6.07 Å². The zero-order chi connectivity index (χ0) is 14.0. The van der Waals surface area contributed by atoms with Gasteiger partial charge in [-0.05, 0) is 49.7 Å². The Morgan fingerprint density at radius 2 is 1.95 bits per heavy atom. The van der Waals surface area contributed by atoms with Crippen molar-refractivity contribution in [3.05, 3.63) is 47.5 Å². The predicted molar refractivity (Wildman–Crippen MR) is 75.1 cm³/mol. The Balaban J connectivity index is 2.48. The molecule has 0 aliphatic carbocycles. The summed E-state index contributed by atoms with van der Waals surface area (Å²) < 4.78 is 15.3. The van der Waals surface area contributed by atoms with Crippen LogP contribution in [0.1, 0.15) is 44.0 Å². The molecule has 1 atom stereocenters. The van der Waals surface area contributed by atoms with E-state index < -0.39 is 0 Å². The molecule has 4 heteroatoms. The molecule has 102 valence electrons. The van der Waals surface area contributed by atoms with Crippen molar-refractivity contribution in [2.24, 2.45) is 0 Å². The first-order chi connectivity index (χ1) is 9.02. The molecule has 0 spiro atoms. The van der Waals surface area contributed by atoms with Gasteiger partial charge in [0.25, 0.3) is 0 Å². The van der Waals surface area contributed by atoms with Crippen LogP contribution in [0.4, 0.5) is 4.39 Å². The Morgan fingerprint density at radius 3 is 2.53 bits per heavy atom. The summed E-state index contributed by atoms with van der Waals surface area (Å²) in [5.41, 5.74) is 2.85. The van der Waals surface area contributed by atoms with Crippen molar-refractivity contribution >= 4 is 0 Å². The molecule has 1 heterocycles. The van der Waals surface area contributed by atoms with Crippen LogP contribution < -0.4 is 5.32 Å². The van der Waals surface area contributed by atoms with E-state index in [1.54, 1.807) is 12.1 Å². The first-order valence-electron chi connectivity index (χ1n) is 6.55. The van der Waals surface area contributed by atoms with Gasteiger partial charge in [0.15, 0.2) is 0 Å². The first-order valence-corrected chi connectivity index (χ1v) is 6.55. The van der Waals surface area contributed by atoms with E-state index in [1.807, 2.05) is 30.9 Å². The van der Waals surface area contributed by atoms with Crippen molar-refractivity contribution in [2.75, 3.05) is 7.05 Å². The molecule has 0 saturated heterocycles. The van der Waals surface area contributed by atoms with E-state index in [-0.39, 0.29) is 11.9 Å². The lowest BCUT2D eigenvalue weighted by atomic mass is 10.1. The molecule has 0 aliphatic heterocycles.